The SMILES string of the molecule is COc1ccc(C(=O)c2ccc(N)cc2)c(OC)c1Cl. The zero-order valence-electron chi connectivity index (χ0n) is 11.1. The van der Waals surface area contributed by atoms with Gasteiger partial charge in [0.25, 0.3) is 0 Å². The highest BCUT2D eigenvalue weighted by molar-refractivity contribution is 6.34. The van der Waals surface area contributed by atoms with Crippen LogP contribution in [0.2, 0.25) is 5.02 Å². The number of rotatable bonds is 4. The summed E-state index contributed by atoms with van der Waals surface area (Å²) < 4.78 is 10.3. The van der Waals surface area contributed by atoms with Crippen LogP contribution < -0.4 is 15.2 Å². The minimum atomic E-state index is -0.189. The Bertz CT molecular complexity index is 638. The number of halogens is 1. The Kier molecular flexibility index (Phi) is 4.15. The highest BCUT2D eigenvalue weighted by atomic mass is 35.5. The van der Waals surface area contributed by atoms with Gasteiger partial charge in [0.2, 0.25) is 0 Å². The van der Waals surface area contributed by atoms with Gasteiger partial charge in [-0.3, -0.25) is 4.79 Å². The van der Waals surface area contributed by atoms with E-state index in [1.165, 1.54) is 14.2 Å². The molecule has 0 radical (unpaired) electrons. The van der Waals surface area contributed by atoms with Crippen molar-refractivity contribution < 1.29 is 14.3 Å². The Morgan fingerprint density at radius 2 is 1.70 bits per heavy atom. The number of carbonyl (C=O) groups excluding carboxylic acids is 1. The van der Waals surface area contributed by atoms with Gasteiger partial charge in [-0.25, -0.2) is 0 Å². The summed E-state index contributed by atoms with van der Waals surface area (Å²) in [5.41, 5.74) is 7.10. The maximum atomic E-state index is 12.5. The van der Waals surface area contributed by atoms with Gasteiger partial charge in [0.1, 0.15) is 10.8 Å². The van der Waals surface area contributed by atoms with E-state index in [2.05, 4.69) is 0 Å². The van der Waals surface area contributed by atoms with Crippen LogP contribution in [0, 0.1) is 0 Å². The fourth-order valence-corrected chi connectivity index (χ4v) is 2.18. The van der Waals surface area contributed by atoms with Crippen molar-refractivity contribution in [2.75, 3.05) is 20.0 Å². The third kappa shape index (κ3) is 2.56. The Morgan fingerprint density at radius 1 is 1.05 bits per heavy atom. The summed E-state index contributed by atoms with van der Waals surface area (Å²) in [6, 6.07) is 9.93. The van der Waals surface area contributed by atoms with Crippen molar-refractivity contribution in [1.82, 2.24) is 0 Å². The van der Waals surface area contributed by atoms with Crippen molar-refractivity contribution in [3.05, 3.63) is 52.5 Å². The molecule has 2 aromatic carbocycles. The van der Waals surface area contributed by atoms with Gasteiger partial charge >= 0.3 is 0 Å². The van der Waals surface area contributed by atoms with Crippen molar-refractivity contribution in [3.8, 4) is 11.5 Å². The summed E-state index contributed by atoms with van der Waals surface area (Å²) in [5.74, 6) is 0.566. The molecule has 0 saturated heterocycles. The molecule has 4 nitrogen and oxygen atoms in total. The molecule has 0 spiro atoms. The van der Waals surface area contributed by atoms with Crippen LogP contribution in [0.25, 0.3) is 0 Å². The smallest absolute Gasteiger partial charge is 0.196 e. The van der Waals surface area contributed by atoms with Crippen LogP contribution in [0.4, 0.5) is 5.69 Å². The summed E-state index contributed by atoms with van der Waals surface area (Å²) >= 11 is 6.15. The molecule has 0 bridgehead atoms. The Labute approximate surface area is 122 Å². The molecule has 2 rings (SSSR count). The first kappa shape index (κ1) is 14.2. The summed E-state index contributed by atoms with van der Waals surface area (Å²) in [6.45, 7) is 0. The lowest BCUT2D eigenvalue weighted by atomic mass is 10.0. The lowest BCUT2D eigenvalue weighted by molar-refractivity contribution is 0.103. The van der Waals surface area contributed by atoms with E-state index in [9.17, 15) is 4.79 Å². The highest BCUT2D eigenvalue weighted by Crippen LogP contribution is 2.37. The molecule has 2 N–H and O–H groups in total. The predicted molar refractivity (Wildman–Crippen MR) is 78.8 cm³/mol. The van der Waals surface area contributed by atoms with Crippen molar-refractivity contribution in [3.63, 3.8) is 0 Å². The second-order valence-electron chi connectivity index (χ2n) is 4.11. The number of methoxy groups -OCH3 is 2. The van der Waals surface area contributed by atoms with Gasteiger partial charge in [-0.15, -0.1) is 0 Å². The van der Waals surface area contributed by atoms with E-state index in [1.807, 2.05) is 0 Å². The van der Waals surface area contributed by atoms with Crippen molar-refractivity contribution >= 4 is 23.1 Å². The maximum Gasteiger partial charge on any atom is 0.196 e. The molecule has 5 heteroatoms. The molecule has 0 unspecified atom stereocenters. The van der Waals surface area contributed by atoms with Crippen LogP contribution in [0.5, 0.6) is 11.5 Å². The minimum Gasteiger partial charge on any atom is -0.495 e. The van der Waals surface area contributed by atoms with E-state index >= 15 is 0 Å². The number of carbonyl (C=O) groups is 1. The van der Waals surface area contributed by atoms with E-state index in [0.29, 0.717) is 28.3 Å². The molecule has 104 valence electrons. The van der Waals surface area contributed by atoms with Crippen LogP contribution in [-0.2, 0) is 0 Å². The van der Waals surface area contributed by atoms with Crippen LogP contribution in [0.3, 0.4) is 0 Å². The van der Waals surface area contributed by atoms with Crippen LogP contribution in [0.15, 0.2) is 36.4 Å². The molecule has 0 fully saturated rings. The molecule has 0 amide bonds. The second-order valence-corrected chi connectivity index (χ2v) is 4.49. The van der Waals surface area contributed by atoms with E-state index in [0.717, 1.165) is 0 Å². The Morgan fingerprint density at radius 3 is 2.25 bits per heavy atom. The zero-order chi connectivity index (χ0) is 14.7. The van der Waals surface area contributed by atoms with Gasteiger partial charge < -0.3 is 15.2 Å². The van der Waals surface area contributed by atoms with Crippen molar-refractivity contribution in [2.24, 2.45) is 0 Å². The lowest BCUT2D eigenvalue weighted by Crippen LogP contribution is -2.05. The maximum absolute atomic E-state index is 12.5. The lowest BCUT2D eigenvalue weighted by Gasteiger charge is -2.12. The van der Waals surface area contributed by atoms with Crippen molar-refractivity contribution in [2.45, 2.75) is 0 Å². The molecule has 0 aliphatic heterocycles. The molecule has 20 heavy (non-hydrogen) atoms. The standard InChI is InChI=1S/C15H14ClNO3/c1-19-12-8-7-11(15(20-2)13(12)16)14(18)9-3-5-10(17)6-4-9/h3-8H,17H2,1-2H3. The molecule has 2 aromatic rings. The van der Waals surface area contributed by atoms with Gasteiger partial charge in [0.15, 0.2) is 11.5 Å². The fourth-order valence-electron chi connectivity index (χ4n) is 1.86. The van der Waals surface area contributed by atoms with Crippen LogP contribution in [-0.4, -0.2) is 20.0 Å². The summed E-state index contributed by atoms with van der Waals surface area (Å²) in [6.07, 6.45) is 0. The Hall–Kier alpha value is -2.20. The quantitative estimate of drug-likeness (QED) is 0.694. The normalized spacial score (nSPS) is 10.2. The minimum absolute atomic E-state index is 0.189. The number of anilines is 1. The number of ketones is 1. The fraction of sp³-hybridized carbons (Fsp3) is 0.133. The third-order valence-corrected chi connectivity index (χ3v) is 3.26. The van der Waals surface area contributed by atoms with Crippen molar-refractivity contribution in [1.29, 1.82) is 0 Å². The molecule has 0 aliphatic rings. The third-order valence-electron chi connectivity index (χ3n) is 2.90. The monoisotopic (exact) mass is 291 g/mol. The van der Waals surface area contributed by atoms with Crippen LogP contribution in [0.1, 0.15) is 15.9 Å². The van der Waals surface area contributed by atoms with E-state index < -0.39 is 0 Å². The summed E-state index contributed by atoms with van der Waals surface area (Å²) in [4.78, 5) is 12.5. The molecule has 0 aliphatic carbocycles. The van der Waals surface area contributed by atoms with E-state index in [1.54, 1.807) is 36.4 Å². The highest BCUT2D eigenvalue weighted by Gasteiger charge is 2.19. The number of nitrogens with two attached hydrogens (primary N) is 1. The number of hydrogen-bond donors (Lipinski definition) is 1. The van der Waals surface area contributed by atoms with Gasteiger partial charge in [-0.05, 0) is 36.4 Å². The predicted octanol–water partition coefficient (Wildman–Crippen LogP) is 3.17. The largest absolute Gasteiger partial charge is 0.495 e. The second kappa shape index (κ2) is 5.84. The summed E-state index contributed by atoms with van der Waals surface area (Å²) in [5, 5.41) is 0.274. The molecule has 0 heterocycles. The van der Waals surface area contributed by atoms with Gasteiger partial charge in [0.05, 0.1) is 19.8 Å². The van der Waals surface area contributed by atoms with Gasteiger partial charge in [-0.1, -0.05) is 11.6 Å². The topological polar surface area (TPSA) is 61.5 Å². The first-order chi connectivity index (χ1) is 9.58. The molecular weight excluding hydrogens is 278 g/mol. The van der Waals surface area contributed by atoms with Gasteiger partial charge in [0, 0.05) is 11.3 Å². The Balaban J connectivity index is 2.49. The molecular formula is C15H14ClNO3. The van der Waals surface area contributed by atoms with E-state index in [4.69, 9.17) is 26.8 Å². The number of benzene rings is 2. The molecule has 0 atom stereocenters. The first-order valence-corrected chi connectivity index (χ1v) is 6.27. The number of hydrogen-bond acceptors (Lipinski definition) is 4. The molecule has 0 saturated carbocycles. The van der Waals surface area contributed by atoms with Gasteiger partial charge in [-0.2, -0.15) is 0 Å². The average Bonchev–Trinajstić information content (AvgIpc) is 2.47. The number of ether oxygens (including phenoxy) is 2. The first-order valence-electron chi connectivity index (χ1n) is 5.89. The molecule has 0 aromatic heterocycles. The zero-order valence-corrected chi connectivity index (χ0v) is 11.9. The average molecular weight is 292 g/mol. The van der Waals surface area contributed by atoms with Crippen LogP contribution >= 0.6 is 11.6 Å². The summed E-state index contributed by atoms with van der Waals surface area (Å²) in [7, 11) is 2.96. The number of nitrogen functional groups attached to an aromatic ring is 1. The van der Waals surface area contributed by atoms with E-state index in [-0.39, 0.29) is 10.8 Å².